The molecule has 8 heteroatoms. The maximum Gasteiger partial charge on any atom is 0.269 e. The summed E-state index contributed by atoms with van der Waals surface area (Å²) in [5.74, 6) is 1.39. The first-order valence-electron chi connectivity index (χ1n) is 9.68. The molecule has 0 saturated carbocycles. The minimum atomic E-state index is -0.466. The van der Waals surface area contributed by atoms with E-state index in [1.807, 2.05) is 30.0 Å². The summed E-state index contributed by atoms with van der Waals surface area (Å²) in [4.78, 5) is 26.1. The van der Waals surface area contributed by atoms with Crippen molar-refractivity contribution in [3.05, 3.63) is 63.7 Å². The molecule has 1 saturated heterocycles. The maximum absolute atomic E-state index is 12.6. The number of hydrogen-bond donors (Lipinski definition) is 1. The van der Waals surface area contributed by atoms with Crippen LogP contribution in [0.5, 0.6) is 11.5 Å². The van der Waals surface area contributed by atoms with Crippen LogP contribution in [0.25, 0.3) is 0 Å². The molecule has 0 radical (unpaired) electrons. The summed E-state index contributed by atoms with van der Waals surface area (Å²) in [5.41, 5.74) is 1.64. The van der Waals surface area contributed by atoms with Gasteiger partial charge in [0.1, 0.15) is 6.54 Å². The Morgan fingerprint density at radius 1 is 1.14 bits per heavy atom. The number of carbonyl (C=O) groups excluding carboxylic acids is 1. The fourth-order valence-corrected chi connectivity index (χ4v) is 3.50. The van der Waals surface area contributed by atoms with Crippen molar-refractivity contribution in [3.63, 3.8) is 0 Å². The number of benzene rings is 2. The van der Waals surface area contributed by atoms with Crippen LogP contribution in [-0.4, -0.2) is 55.6 Å². The van der Waals surface area contributed by atoms with Crippen molar-refractivity contribution in [1.29, 1.82) is 0 Å². The zero-order chi connectivity index (χ0) is 20.8. The van der Waals surface area contributed by atoms with E-state index in [0.29, 0.717) is 25.3 Å². The number of carbonyl (C=O) groups is 1. The highest BCUT2D eigenvalue weighted by atomic mass is 16.6. The Labute approximate surface area is 169 Å². The fourth-order valence-electron chi connectivity index (χ4n) is 3.50. The Bertz CT molecular complexity index is 861. The standard InChI is InChI=1S/C21H25N3O5/c1-3-29-20-14-16(4-9-19(20)28-2)15-22-10-12-23(13-11-22)21(25)17-5-7-18(8-6-17)24(26)27/h4-9,14H,3,10-13,15H2,1-2H3/p+1. The van der Waals surface area contributed by atoms with E-state index in [4.69, 9.17) is 9.47 Å². The van der Waals surface area contributed by atoms with Gasteiger partial charge in [0.2, 0.25) is 0 Å². The van der Waals surface area contributed by atoms with Crippen LogP contribution in [0, 0.1) is 10.1 Å². The van der Waals surface area contributed by atoms with Gasteiger partial charge < -0.3 is 19.3 Å². The lowest BCUT2D eigenvalue weighted by molar-refractivity contribution is -0.917. The van der Waals surface area contributed by atoms with Gasteiger partial charge in [-0.3, -0.25) is 14.9 Å². The molecule has 0 aromatic heterocycles. The van der Waals surface area contributed by atoms with Crippen LogP contribution in [0.1, 0.15) is 22.8 Å². The van der Waals surface area contributed by atoms with Gasteiger partial charge in [-0.1, -0.05) is 0 Å². The number of nitrogens with zero attached hydrogens (tertiary/aromatic N) is 2. The van der Waals surface area contributed by atoms with Crippen molar-refractivity contribution >= 4 is 11.6 Å². The third kappa shape index (κ3) is 5.03. The van der Waals surface area contributed by atoms with Crippen LogP contribution in [0.4, 0.5) is 5.69 Å². The minimum Gasteiger partial charge on any atom is -0.493 e. The summed E-state index contributed by atoms with van der Waals surface area (Å²) in [7, 11) is 1.63. The number of piperazine rings is 1. The van der Waals surface area contributed by atoms with E-state index in [9.17, 15) is 14.9 Å². The molecule has 0 unspecified atom stereocenters. The van der Waals surface area contributed by atoms with Gasteiger partial charge in [0.25, 0.3) is 11.6 Å². The van der Waals surface area contributed by atoms with Crippen molar-refractivity contribution in [2.75, 3.05) is 39.9 Å². The summed E-state index contributed by atoms with van der Waals surface area (Å²) >= 11 is 0. The van der Waals surface area contributed by atoms with E-state index in [0.717, 1.165) is 31.1 Å². The molecular weight excluding hydrogens is 374 g/mol. The number of nitro groups is 1. The first kappa shape index (κ1) is 20.6. The van der Waals surface area contributed by atoms with Crippen LogP contribution in [-0.2, 0) is 6.54 Å². The van der Waals surface area contributed by atoms with Gasteiger partial charge in [0.05, 0.1) is 44.8 Å². The third-order valence-corrected chi connectivity index (χ3v) is 5.06. The predicted molar refractivity (Wildman–Crippen MR) is 108 cm³/mol. The van der Waals surface area contributed by atoms with Gasteiger partial charge in [0.15, 0.2) is 11.5 Å². The number of rotatable bonds is 7. The topological polar surface area (TPSA) is 86.4 Å². The van der Waals surface area contributed by atoms with Crippen LogP contribution >= 0.6 is 0 Å². The lowest BCUT2D eigenvalue weighted by Gasteiger charge is -2.32. The highest BCUT2D eigenvalue weighted by Gasteiger charge is 2.25. The molecule has 2 aromatic rings. The zero-order valence-electron chi connectivity index (χ0n) is 16.7. The van der Waals surface area contributed by atoms with Crippen molar-refractivity contribution < 1.29 is 24.1 Å². The fraction of sp³-hybridized carbons (Fsp3) is 0.381. The van der Waals surface area contributed by atoms with Crippen LogP contribution in [0.15, 0.2) is 42.5 Å². The Hall–Kier alpha value is -3.13. The maximum atomic E-state index is 12.6. The second-order valence-corrected chi connectivity index (χ2v) is 6.94. The van der Waals surface area contributed by atoms with Gasteiger partial charge in [-0.2, -0.15) is 0 Å². The average Bonchev–Trinajstić information content (AvgIpc) is 2.74. The number of nitrogens with one attached hydrogen (secondary N) is 1. The molecule has 1 aliphatic heterocycles. The lowest BCUT2D eigenvalue weighted by Crippen LogP contribution is -3.13. The van der Waals surface area contributed by atoms with Crippen LogP contribution in [0.3, 0.4) is 0 Å². The Balaban J connectivity index is 1.57. The van der Waals surface area contributed by atoms with Crippen molar-refractivity contribution in [2.45, 2.75) is 13.5 Å². The monoisotopic (exact) mass is 400 g/mol. The van der Waals surface area contributed by atoms with E-state index in [1.54, 1.807) is 7.11 Å². The molecule has 1 N–H and O–H groups in total. The molecule has 1 aliphatic rings. The quantitative estimate of drug-likeness (QED) is 0.563. The molecule has 29 heavy (non-hydrogen) atoms. The number of nitro benzene ring substituents is 1. The first-order chi connectivity index (χ1) is 14.0. The second kappa shape index (κ2) is 9.38. The van der Waals surface area contributed by atoms with Gasteiger partial charge in [0, 0.05) is 23.3 Å². The molecule has 1 heterocycles. The van der Waals surface area contributed by atoms with E-state index < -0.39 is 4.92 Å². The summed E-state index contributed by atoms with van der Waals surface area (Å²) < 4.78 is 11.0. The molecule has 2 aromatic carbocycles. The minimum absolute atomic E-state index is 0.0123. The van der Waals surface area contributed by atoms with Crippen molar-refractivity contribution in [1.82, 2.24) is 4.90 Å². The smallest absolute Gasteiger partial charge is 0.269 e. The molecular formula is C21H26N3O5+. The van der Waals surface area contributed by atoms with E-state index >= 15 is 0 Å². The van der Waals surface area contributed by atoms with Crippen LogP contribution in [0.2, 0.25) is 0 Å². The number of quaternary nitrogens is 1. The summed E-state index contributed by atoms with van der Waals surface area (Å²) in [6.07, 6.45) is 0. The molecule has 0 aliphatic carbocycles. The SMILES string of the molecule is CCOc1cc(C[NH+]2CCN(C(=O)c3ccc([N+](=O)[O-])cc3)CC2)ccc1OC. The number of ether oxygens (including phenoxy) is 2. The second-order valence-electron chi connectivity index (χ2n) is 6.94. The summed E-state index contributed by atoms with van der Waals surface area (Å²) in [5, 5.41) is 10.8. The highest BCUT2D eigenvalue weighted by Crippen LogP contribution is 2.27. The van der Waals surface area contributed by atoms with Crippen LogP contribution < -0.4 is 14.4 Å². The van der Waals surface area contributed by atoms with Gasteiger partial charge in [-0.05, 0) is 37.3 Å². The highest BCUT2D eigenvalue weighted by molar-refractivity contribution is 5.94. The normalized spacial score (nSPS) is 14.5. The molecule has 1 amide bonds. The average molecular weight is 400 g/mol. The molecule has 0 bridgehead atoms. The lowest BCUT2D eigenvalue weighted by atomic mass is 10.1. The van der Waals surface area contributed by atoms with E-state index in [2.05, 4.69) is 0 Å². The van der Waals surface area contributed by atoms with E-state index in [-0.39, 0.29) is 11.6 Å². The zero-order valence-corrected chi connectivity index (χ0v) is 16.7. The van der Waals surface area contributed by atoms with Gasteiger partial charge in [-0.15, -0.1) is 0 Å². The first-order valence-corrected chi connectivity index (χ1v) is 9.68. The largest absolute Gasteiger partial charge is 0.493 e. The van der Waals surface area contributed by atoms with Gasteiger partial charge >= 0.3 is 0 Å². The molecule has 3 rings (SSSR count). The number of non-ortho nitro benzene ring substituents is 1. The third-order valence-electron chi connectivity index (χ3n) is 5.06. The Morgan fingerprint density at radius 2 is 1.83 bits per heavy atom. The molecule has 0 atom stereocenters. The summed E-state index contributed by atoms with van der Waals surface area (Å²) in [6, 6.07) is 11.8. The van der Waals surface area contributed by atoms with Crippen molar-refractivity contribution in [3.8, 4) is 11.5 Å². The van der Waals surface area contributed by atoms with E-state index in [1.165, 1.54) is 34.7 Å². The Morgan fingerprint density at radius 3 is 2.41 bits per heavy atom. The molecule has 154 valence electrons. The number of amides is 1. The number of hydrogen-bond acceptors (Lipinski definition) is 5. The Kier molecular flexibility index (Phi) is 6.66. The number of methoxy groups -OCH3 is 1. The predicted octanol–water partition coefficient (Wildman–Crippen LogP) is 1.54. The summed E-state index contributed by atoms with van der Waals surface area (Å²) in [6.45, 7) is 6.36. The van der Waals surface area contributed by atoms with Gasteiger partial charge in [-0.25, -0.2) is 0 Å². The molecule has 8 nitrogen and oxygen atoms in total. The molecule has 1 fully saturated rings. The van der Waals surface area contributed by atoms with Crippen molar-refractivity contribution in [2.24, 2.45) is 0 Å². The molecule has 0 spiro atoms.